The summed E-state index contributed by atoms with van der Waals surface area (Å²) in [7, 11) is 0. The minimum atomic E-state index is 0.869. The van der Waals surface area contributed by atoms with E-state index in [0.29, 0.717) is 0 Å². The molecule has 0 fully saturated rings. The molecular weight excluding hydrogens is 719 g/mol. The molecule has 0 atom stereocenters. The van der Waals surface area contributed by atoms with Gasteiger partial charge >= 0.3 is 0 Å². The van der Waals surface area contributed by atoms with Crippen LogP contribution in [0.1, 0.15) is 0 Å². The molecule has 0 bridgehead atoms. The van der Waals surface area contributed by atoms with E-state index in [1.54, 1.807) is 0 Å². The van der Waals surface area contributed by atoms with Gasteiger partial charge in [-0.1, -0.05) is 176 Å². The highest BCUT2D eigenvalue weighted by Crippen LogP contribution is 2.49. The van der Waals surface area contributed by atoms with E-state index in [2.05, 4.69) is 205 Å². The molecule has 2 aromatic heterocycles. The number of hydrogen-bond acceptors (Lipinski definition) is 3. The van der Waals surface area contributed by atoms with Crippen molar-refractivity contribution in [1.29, 1.82) is 0 Å². The van der Waals surface area contributed by atoms with Gasteiger partial charge in [0.05, 0.1) is 11.4 Å². The summed E-state index contributed by atoms with van der Waals surface area (Å²) >= 11 is 0. The van der Waals surface area contributed by atoms with E-state index in [9.17, 15) is 0 Å². The highest BCUT2D eigenvalue weighted by molar-refractivity contribution is 6.23. The molecule has 0 unspecified atom stereocenters. The number of para-hydroxylation sites is 3. The lowest BCUT2D eigenvalue weighted by Gasteiger charge is -2.29. The van der Waals surface area contributed by atoms with Crippen LogP contribution in [0.15, 0.2) is 221 Å². The number of furan rings is 2. The summed E-state index contributed by atoms with van der Waals surface area (Å²) in [5, 5.41) is 9.03. The summed E-state index contributed by atoms with van der Waals surface area (Å²) in [6, 6.07) is 75.7. The fraction of sp³-hybridized carbons (Fsp3) is 0. The van der Waals surface area contributed by atoms with Crippen molar-refractivity contribution in [1.82, 2.24) is 0 Å². The van der Waals surface area contributed by atoms with E-state index in [1.165, 1.54) is 16.3 Å². The van der Waals surface area contributed by atoms with E-state index in [4.69, 9.17) is 8.83 Å². The predicted octanol–water partition coefficient (Wildman–Crippen LogP) is 16.3. The van der Waals surface area contributed by atoms with Gasteiger partial charge in [-0.3, -0.25) is 0 Å². The molecule has 3 heteroatoms. The number of fused-ring (bicyclic) bond motifs is 9. The number of hydrogen-bond donors (Lipinski definition) is 0. The standard InChI is InChI=1S/C56H35NO2/c1-2-15-37(16-3-1)41-20-8-10-28-50(41)57(39-33-31-38(32-34-39)42-24-13-27-48-45-22-9-11-29-52(45)58-55(42)48)51-35-49-54-46(43-25-12-18-36-17-4-5-19-40(36)43)26-14-30-53(54)59-56(49)47-23-7-6-21-44(47)51/h1-35H. The Bertz CT molecular complexity index is 3550. The first kappa shape index (κ1) is 33.3. The van der Waals surface area contributed by atoms with E-state index >= 15 is 0 Å². The average Bonchev–Trinajstić information content (AvgIpc) is 3.89. The Morgan fingerprint density at radius 1 is 0.305 bits per heavy atom. The number of anilines is 3. The molecule has 12 rings (SSSR count). The first-order valence-electron chi connectivity index (χ1n) is 20.1. The highest BCUT2D eigenvalue weighted by Gasteiger charge is 2.24. The summed E-state index contributed by atoms with van der Waals surface area (Å²) in [4.78, 5) is 2.43. The van der Waals surface area contributed by atoms with Crippen LogP contribution < -0.4 is 4.90 Å². The summed E-state index contributed by atoms with van der Waals surface area (Å²) < 4.78 is 13.4. The summed E-state index contributed by atoms with van der Waals surface area (Å²) in [5.41, 5.74) is 13.5. The fourth-order valence-electron chi connectivity index (χ4n) is 9.20. The molecule has 0 spiro atoms. The Morgan fingerprint density at radius 2 is 0.864 bits per heavy atom. The Morgan fingerprint density at radius 3 is 1.75 bits per heavy atom. The van der Waals surface area contributed by atoms with Gasteiger partial charge in [0.2, 0.25) is 0 Å². The van der Waals surface area contributed by atoms with Gasteiger partial charge in [0.1, 0.15) is 22.3 Å². The van der Waals surface area contributed by atoms with Crippen molar-refractivity contribution in [2.45, 2.75) is 0 Å². The zero-order chi connectivity index (χ0) is 38.9. The largest absolute Gasteiger partial charge is 0.455 e. The molecular formula is C56H35NO2. The molecule has 0 aliphatic carbocycles. The van der Waals surface area contributed by atoms with Crippen LogP contribution in [0.5, 0.6) is 0 Å². The minimum absolute atomic E-state index is 0.869. The molecule has 0 aliphatic rings. The van der Waals surface area contributed by atoms with Crippen LogP contribution in [0.2, 0.25) is 0 Å². The quantitative estimate of drug-likeness (QED) is 0.169. The van der Waals surface area contributed by atoms with Gasteiger partial charge < -0.3 is 13.7 Å². The van der Waals surface area contributed by atoms with Crippen molar-refractivity contribution in [3.05, 3.63) is 212 Å². The van der Waals surface area contributed by atoms with Crippen molar-refractivity contribution in [2.24, 2.45) is 0 Å². The third-order valence-corrected chi connectivity index (χ3v) is 11.9. The smallest absolute Gasteiger partial charge is 0.143 e. The Balaban J connectivity index is 1.12. The van der Waals surface area contributed by atoms with E-state index in [1.807, 2.05) is 12.1 Å². The van der Waals surface area contributed by atoms with Gasteiger partial charge in [0, 0.05) is 49.1 Å². The van der Waals surface area contributed by atoms with Gasteiger partial charge in [-0.15, -0.1) is 0 Å². The molecule has 0 saturated heterocycles. The minimum Gasteiger partial charge on any atom is -0.455 e. The maximum absolute atomic E-state index is 6.87. The predicted molar refractivity (Wildman–Crippen MR) is 247 cm³/mol. The van der Waals surface area contributed by atoms with Gasteiger partial charge in [0.25, 0.3) is 0 Å². The second-order valence-corrected chi connectivity index (χ2v) is 15.2. The van der Waals surface area contributed by atoms with Crippen molar-refractivity contribution in [3.63, 3.8) is 0 Å². The van der Waals surface area contributed by atoms with Crippen molar-refractivity contribution in [3.8, 4) is 33.4 Å². The van der Waals surface area contributed by atoms with Crippen LogP contribution in [0, 0.1) is 0 Å². The topological polar surface area (TPSA) is 29.5 Å². The van der Waals surface area contributed by atoms with Crippen molar-refractivity contribution >= 4 is 82.5 Å². The van der Waals surface area contributed by atoms with Crippen LogP contribution in [0.25, 0.3) is 98.8 Å². The lowest BCUT2D eigenvalue weighted by Crippen LogP contribution is -2.12. The third kappa shape index (κ3) is 5.29. The summed E-state index contributed by atoms with van der Waals surface area (Å²) in [6.45, 7) is 0. The van der Waals surface area contributed by atoms with Gasteiger partial charge in [-0.05, 0) is 69.4 Å². The third-order valence-electron chi connectivity index (χ3n) is 11.9. The second-order valence-electron chi connectivity index (χ2n) is 15.2. The zero-order valence-electron chi connectivity index (χ0n) is 32.0. The molecule has 3 nitrogen and oxygen atoms in total. The molecule has 10 aromatic carbocycles. The summed E-state index contributed by atoms with van der Waals surface area (Å²) in [5.74, 6) is 0. The van der Waals surface area contributed by atoms with Crippen molar-refractivity contribution < 1.29 is 8.83 Å². The highest BCUT2D eigenvalue weighted by atomic mass is 16.3. The van der Waals surface area contributed by atoms with Crippen molar-refractivity contribution in [2.75, 3.05) is 4.90 Å². The molecule has 276 valence electrons. The monoisotopic (exact) mass is 753 g/mol. The molecule has 0 N–H and O–H groups in total. The number of nitrogens with zero attached hydrogens (tertiary/aromatic N) is 1. The van der Waals surface area contributed by atoms with Crippen LogP contribution in [-0.4, -0.2) is 0 Å². The second kappa shape index (κ2) is 13.4. The number of benzene rings is 10. The Kier molecular flexibility index (Phi) is 7.54. The fourth-order valence-corrected chi connectivity index (χ4v) is 9.20. The van der Waals surface area contributed by atoms with Crippen LogP contribution >= 0.6 is 0 Å². The molecule has 59 heavy (non-hydrogen) atoms. The normalized spacial score (nSPS) is 11.7. The van der Waals surface area contributed by atoms with Gasteiger partial charge in [-0.25, -0.2) is 0 Å². The van der Waals surface area contributed by atoms with Crippen LogP contribution in [0.3, 0.4) is 0 Å². The molecule has 0 saturated carbocycles. The Labute approximate surface area is 340 Å². The van der Waals surface area contributed by atoms with Gasteiger partial charge in [-0.2, -0.15) is 0 Å². The zero-order valence-corrected chi connectivity index (χ0v) is 32.0. The average molecular weight is 754 g/mol. The molecule has 2 heterocycles. The summed E-state index contributed by atoms with van der Waals surface area (Å²) in [6.07, 6.45) is 0. The Hall–Kier alpha value is -7.88. The first-order chi connectivity index (χ1) is 29.3. The van der Waals surface area contributed by atoms with E-state index < -0.39 is 0 Å². The molecule has 0 amide bonds. The lowest BCUT2D eigenvalue weighted by atomic mass is 9.93. The molecule has 0 aliphatic heterocycles. The molecule has 12 aromatic rings. The van der Waals surface area contributed by atoms with Gasteiger partial charge in [0.15, 0.2) is 0 Å². The van der Waals surface area contributed by atoms with Crippen LogP contribution in [-0.2, 0) is 0 Å². The van der Waals surface area contributed by atoms with E-state index in [0.717, 1.165) is 99.5 Å². The SMILES string of the molecule is c1ccc(-c2ccccc2N(c2ccc(-c3cccc4c3oc3ccccc34)cc2)c2cc3c(oc4cccc(-c5cccc6ccccc56)c43)c3ccccc23)cc1. The molecule has 0 radical (unpaired) electrons. The number of rotatable bonds is 6. The maximum atomic E-state index is 6.87. The lowest BCUT2D eigenvalue weighted by molar-refractivity contribution is 0.670. The van der Waals surface area contributed by atoms with E-state index in [-0.39, 0.29) is 0 Å². The maximum Gasteiger partial charge on any atom is 0.143 e. The first-order valence-corrected chi connectivity index (χ1v) is 20.1. The van der Waals surface area contributed by atoms with Crippen LogP contribution in [0.4, 0.5) is 17.1 Å².